The Morgan fingerprint density at radius 2 is 2.19 bits per heavy atom. The zero-order valence-electron chi connectivity index (χ0n) is 9.01. The lowest BCUT2D eigenvalue weighted by Crippen LogP contribution is -1.91. The molecule has 0 amide bonds. The minimum Gasteiger partial charge on any atom is -0.481 e. The lowest BCUT2D eigenvalue weighted by molar-refractivity contribution is 0.182. The van der Waals surface area contributed by atoms with Crippen molar-refractivity contribution in [2.45, 2.75) is 6.61 Å². The highest BCUT2D eigenvalue weighted by Gasteiger charge is 2.07. The SMILES string of the molecule is COCc1csc(-c2cc(OC)ncn2)n1. The van der Waals surface area contributed by atoms with Crippen molar-refractivity contribution < 1.29 is 9.47 Å². The van der Waals surface area contributed by atoms with Gasteiger partial charge < -0.3 is 9.47 Å². The van der Waals surface area contributed by atoms with E-state index in [1.807, 2.05) is 5.38 Å². The Hall–Kier alpha value is -1.53. The minimum atomic E-state index is 0.513. The van der Waals surface area contributed by atoms with Crippen LogP contribution in [0.4, 0.5) is 0 Å². The summed E-state index contributed by atoms with van der Waals surface area (Å²) in [6.45, 7) is 0.513. The summed E-state index contributed by atoms with van der Waals surface area (Å²) in [5.74, 6) is 0.536. The number of thiazole rings is 1. The molecule has 84 valence electrons. The fourth-order valence-electron chi connectivity index (χ4n) is 1.21. The van der Waals surface area contributed by atoms with Crippen LogP contribution in [0.2, 0.25) is 0 Å². The zero-order chi connectivity index (χ0) is 11.4. The number of nitrogens with zero attached hydrogens (tertiary/aromatic N) is 3. The van der Waals surface area contributed by atoms with E-state index < -0.39 is 0 Å². The van der Waals surface area contributed by atoms with Gasteiger partial charge in [0.1, 0.15) is 17.0 Å². The van der Waals surface area contributed by atoms with Crippen LogP contribution < -0.4 is 4.74 Å². The number of rotatable bonds is 4. The summed E-state index contributed by atoms with van der Waals surface area (Å²) in [7, 11) is 3.22. The van der Waals surface area contributed by atoms with Gasteiger partial charge in [0, 0.05) is 18.6 Å². The van der Waals surface area contributed by atoms with E-state index in [-0.39, 0.29) is 0 Å². The maximum absolute atomic E-state index is 5.03. The first-order chi connectivity index (χ1) is 7.83. The van der Waals surface area contributed by atoms with Crippen molar-refractivity contribution in [2.24, 2.45) is 0 Å². The fraction of sp³-hybridized carbons (Fsp3) is 0.300. The summed E-state index contributed by atoms with van der Waals surface area (Å²) in [4.78, 5) is 12.5. The van der Waals surface area contributed by atoms with Gasteiger partial charge in [0.05, 0.1) is 19.4 Å². The molecule has 0 aromatic carbocycles. The van der Waals surface area contributed by atoms with Gasteiger partial charge in [-0.25, -0.2) is 15.0 Å². The first kappa shape index (κ1) is 11.0. The number of ether oxygens (including phenoxy) is 2. The van der Waals surface area contributed by atoms with Gasteiger partial charge in [-0.05, 0) is 0 Å². The molecule has 2 aromatic rings. The van der Waals surface area contributed by atoms with E-state index >= 15 is 0 Å². The van der Waals surface area contributed by atoms with Gasteiger partial charge in [-0.3, -0.25) is 0 Å². The Morgan fingerprint density at radius 3 is 2.94 bits per heavy atom. The van der Waals surface area contributed by atoms with E-state index in [0.717, 1.165) is 16.4 Å². The van der Waals surface area contributed by atoms with E-state index in [1.54, 1.807) is 20.3 Å². The molecule has 2 heterocycles. The van der Waals surface area contributed by atoms with Crippen molar-refractivity contribution in [3.63, 3.8) is 0 Å². The first-order valence-electron chi connectivity index (χ1n) is 4.63. The Kier molecular flexibility index (Phi) is 3.43. The molecule has 0 saturated carbocycles. The predicted molar refractivity (Wildman–Crippen MR) is 60.4 cm³/mol. The first-order valence-corrected chi connectivity index (χ1v) is 5.51. The van der Waals surface area contributed by atoms with Crippen LogP contribution in [-0.4, -0.2) is 29.2 Å². The highest BCUT2D eigenvalue weighted by Crippen LogP contribution is 2.23. The van der Waals surface area contributed by atoms with Gasteiger partial charge in [0.15, 0.2) is 0 Å². The van der Waals surface area contributed by atoms with Gasteiger partial charge in [-0.1, -0.05) is 0 Å². The van der Waals surface area contributed by atoms with Crippen LogP contribution in [0.3, 0.4) is 0 Å². The molecule has 0 unspecified atom stereocenters. The third-order valence-corrected chi connectivity index (χ3v) is 2.83. The highest BCUT2D eigenvalue weighted by atomic mass is 32.1. The Balaban J connectivity index is 2.27. The van der Waals surface area contributed by atoms with E-state index in [4.69, 9.17) is 9.47 Å². The van der Waals surface area contributed by atoms with Crippen LogP contribution in [0, 0.1) is 0 Å². The molecule has 0 aliphatic carbocycles. The molecule has 0 spiro atoms. The van der Waals surface area contributed by atoms with E-state index in [9.17, 15) is 0 Å². The van der Waals surface area contributed by atoms with Gasteiger partial charge in [0.25, 0.3) is 0 Å². The molecule has 0 N–H and O–H groups in total. The third-order valence-electron chi connectivity index (χ3n) is 1.91. The second-order valence-corrected chi connectivity index (χ2v) is 3.88. The Morgan fingerprint density at radius 1 is 1.31 bits per heavy atom. The molecule has 0 aliphatic rings. The molecular weight excluding hydrogens is 226 g/mol. The van der Waals surface area contributed by atoms with Crippen molar-refractivity contribution >= 4 is 11.3 Å². The van der Waals surface area contributed by atoms with Gasteiger partial charge in [-0.15, -0.1) is 11.3 Å². The summed E-state index contributed by atoms with van der Waals surface area (Å²) in [5.41, 5.74) is 1.67. The second-order valence-electron chi connectivity index (χ2n) is 3.02. The molecule has 2 rings (SSSR count). The number of methoxy groups -OCH3 is 2. The third kappa shape index (κ3) is 2.34. The molecule has 0 atom stereocenters. The number of aromatic nitrogens is 3. The Labute approximate surface area is 97.1 Å². The fourth-order valence-corrected chi connectivity index (χ4v) is 1.98. The highest BCUT2D eigenvalue weighted by molar-refractivity contribution is 7.13. The largest absolute Gasteiger partial charge is 0.481 e. The van der Waals surface area contributed by atoms with Crippen molar-refractivity contribution in [3.05, 3.63) is 23.5 Å². The summed E-state index contributed by atoms with van der Waals surface area (Å²) < 4.78 is 10.0. The molecule has 2 aromatic heterocycles. The average molecular weight is 237 g/mol. The van der Waals surface area contributed by atoms with Gasteiger partial charge >= 0.3 is 0 Å². The van der Waals surface area contributed by atoms with Gasteiger partial charge in [0.2, 0.25) is 5.88 Å². The molecule has 16 heavy (non-hydrogen) atoms. The quantitative estimate of drug-likeness (QED) is 0.811. The zero-order valence-corrected chi connectivity index (χ0v) is 9.82. The lowest BCUT2D eigenvalue weighted by Gasteiger charge is -1.99. The van der Waals surface area contributed by atoms with Crippen LogP contribution in [0.1, 0.15) is 5.69 Å². The van der Waals surface area contributed by atoms with Gasteiger partial charge in [-0.2, -0.15) is 0 Å². The molecule has 0 radical (unpaired) electrons. The topological polar surface area (TPSA) is 57.1 Å². The Bertz CT molecular complexity index is 473. The van der Waals surface area contributed by atoms with E-state index in [2.05, 4.69) is 15.0 Å². The standard InChI is InChI=1S/C10H11N3O2S/c1-14-4-7-5-16-10(13-7)8-3-9(15-2)12-6-11-8/h3,5-6H,4H2,1-2H3. The van der Waals surface area contributed by atoms with Crippen LogP contribution in [0.25, 0.3) is 10.7 Å². The molecule has 6 heteroatoms. The molecule has 0 bridgehead atoms. The normalized spacial score (nSPS) is 10.4. The average Bonchev–Trinajstić information content (AvgIpc) is 2.78. The van der Waals surface area contributed by atoms with Crippen molar-refractivity contribution in [2.75, 3.05) is 14.2 Å². The molecule has 0 fully saturated rings. The molecule has 0 aliphatic heterocycles. The maximum Gasteiger partial charge on any atom is 0.216 e. The summed E-state index contributed by atoms with van der Waals surface area (Å²) in [5, 5.41) is 2.79. The number of hydrogen-bond acceptors (Lipinski definition) is 6. The summed E-state index contributed by atoms with van der Waals surface area (Å²) in [6, 6.07) is 1.76. The second kappa shape index (κ2) is 5.00. The van der Waals surface area contributed by atoms with Crippen LogP contribution in [0.5, 0.6) is 5.88 Å². The minimum absolute atomic E-state index is 0.513. The van der Waals surface area contributed by atoms with Crippen LogP contribution >= 0.6 is 11.3 Å². The smallest absolute Gasteiger partial charge is 0.216 e. The molecular formula is C10H11N3O2S. The molecule has 5 nitrogen and oxygen atoms in total. The van der Waals surface area contributed by atoms with E-state index in [1.165, 1.54) is 17.7 Å². The van der Waals surface area contributed by atoms with Crippen LogP contribution in [-0.2, 0) is 11.3 Å². The summed E-state index contributed by atoms with van der Waals surface area (Å²) >= 11 is 1.52. The van der Waals surface area contributed by atoms with Crippen molar-refractivity contribution in [3.8, 4) is 16.6 Å². The monoisotopic (exact) mass is 237 g/mol. The van der Waals surface area contributed by atoms with Crippen molar-refractivity contribution in [1.29, 1.82) is 0 Å². The maximum atomic E-state index is 5.03. The summed E-state index contributed by atoms with van der Waals surface area (Å²) in [6.07, 6.45) is 1.46. The lowest BCUT2D eigenvalue weighted by atomic mass is 10.4. The van der Waals surface area contributed by atoms with Crippen LogP contribution in [0.15, 0.2) is 17.8 Å². The van der Waals surface area contributed by atoms with Crippen molar-refractivity contribution in [1.82, 2.24) is 15.0 Å². The number of hydrogen-bond donors (Lipinski definition) is 0. The molecule has 0 saturated heterocycles. The predicted octanol–water partition coefficient (Wildman–Crippen LogP) is 1.76. The van der Waals surface area contributed by atoms with E-state index in [0.29, 0.717) is 12.5 Å².